The number of rotatable bonds is 9. The monoisotopic (exact) mass is 534 g/mol. The fourth-order valence-corrected chi connectivity index (χ4v) is 6.42. The molecule has 1 saturated carbocycles. The van der Waals surface area contributed by atoms with E-state index in [4.69, 9.17) is 4.98 Å². The van der Waals surface area contributed by atoms with Crippen LogP contribution in [0.1, 0.15) is 43.2 Å². The summed E-state index contributed by atoms with van der Waals surface area (Å²) in [5, 5.41) is 12.6. The summed E-state index contributed by atoms with van der Waals surface area (Å²) in [4.78, 5) is 15.6. The van der Waals surface area contributed by atoms with E-state index in [2.05, 4.69) is 88.4 Å². The molecule has 0 atom stereocenters. The number of allylic oxidation sites excluding steroid dienone is 3. The second-order valence-corrected chi connectivity index (χ2v) is 11.6. The summed E-state index contributed by atoms with van der Waals surface area (Å²) in [6.07, 6.45) is 15.5. The number of aromatic amines is 2. The molecule has 0 radical (unpaired) electrons. The van der Waals surface area contributed by atoms with Crippen LogP contribution >= 0.6 is 11.3 Å². The number of pyridine rings is 2. The molecule has 0 unspecified atom stereocenters. The molecule has 5 aromatic heterocycles. The largest absolute Gasteiger partial charge is 0.352 e. The topological polar surface area (TPSA) is 82.3 Å². The molecule has 6 rings (SSSR count). The first-order valence-corrected chi connectivity index (χ1v) is 14.5. The van der Waals surface area contributed by atoms with Gasteiger partial charge in [0.15, 0.2) is 0 Å². The molecule has 0 aromatic carbocycles. The van der Waals surface area contributed by atoms with Gasteiger partial charge >= 0.3 is 0 Å². The van der Waals surface area contributed by atoms with Gasteiger partial charge < -0.3 is 10.3 Å². The van der Waals surface area contributed by atoms with Crippen LogP contribution in [0.5, 0.6) is 0 Å². The van der Waals surface area contributed by atoms with Gasteiger partial charge in [-0.2, -0.15) is 5.10 Å². The lowest BCUT2D eigenvalue weighted by molar-refractivity contribution is 0.503. The summed E-state index contributed by atoms with van der Waals surface area (Å²) in [7, 11) is 0. The SMILES string of the molecule is C=C/C(=C\C(=C/C)c1ccc2[nH]nc(-c3cc4c(-c5ccc(C)s5)cncc4[nH]3)c2n1)CNCC1CCCC1. The highest BCUT2D eigenvalue weighted by molar-refractivity contribution is 7.15. The third-order valence-corrected chi connectivity index (χ3v) is 8.69. The molecule has 0 saturated heterocycles. The Hall–Kier alpha value is -3.81. The number of H-pyrrole nitrogens is 2. The van der Waals surface area contributed by atoms with Crippen LogP contribution < -0.4 is 5.32 Å². The molecule has 1 aliphatic rings. The minimum absolute atomic E-state index is 0.804. The highest BCUT2D eigenvalue weighted by Gasteiger charge is 2.17. The lowest BCUT2D eigenvalue weighted by Gasteiger charge is -2.11. The van der Waals surface area contributed by atoms with E-state index >= 15 is 0 Å². The number of aromatic nitrogens is 5. The van der Waals surface area contributed by atoms with Crippen molar-refractivity contribution >= 4 is 38.8 Å². The van der Waals surface area contributed by atoms with Gasteiger partial charge in [-0.1, -0.05) is 31.6 Å². The standard InChI is InChI=1S/C32H34N6S/c1-4-21(16-33-17-22-8-6-7-9-22)14-23(5-2)26-11-12-27-31(36-26)32(38-37-27)28-15-24-25(18-34-19-29(24)35-28)30-13-10-20(3)39-30/h4-5,10-15,18-19,22,33,35H,1,6-9,16-17H2,2-3H3,(H,37,38)/b21-14+,23-5+. The first-order chi connectivity index (χ1) is 19.1. The fraction of sp³-hybridized carbons (Fsp3) is 0.281. The molecule has 5 heterocycles. The van der Waals surface area contributed by atoms with Crippen molar-refractivity contribution in [3.63, 3.8) is 0 Å². The summed E-state index contributed by atoms with van der Waals surface area (Å²) in [6.45, 7) is 10.1. The second kappa shape index (κ2) is 11.1. The summed E-state index contributed by atoms with van der Waals surface area (Å²) in [6, 6.07) is 10.6. The van der Waals surface area contributed by atoms with E-state index in [1.54, 1.807) is 11.3 Å². The lowest BCUT2D eigenvalue weighted by Crippen LogP contribution is -2.23. The van der Waals surface area contributed by atoms with Gasteiger partial charge in [0.2, 0.25) is 0 Å². The number of nitrogens with zero attached hydrogens (tertiary/aromatic N) is 3. The zero-order valence-corrected chi connectivity index (χ0v) is 23.4. The first-order valence-electron chi connectivity index (χ1n) is 13.7. The first kappa shape index (κ1) is 25.5. The molecule has 39 heavy (non-hydrogen) atoms. The van der Waals surface area contributed by atoms with Crippen molar-refractivity contribution in [2.75, 3.05) is 13.1 Å². The molecule has 0 spiro atoms. The Bertz CT molecular complexity index is 1690. The molecule has 0 aliphatic heterocycles. The minimum atomic E-state index is 0.804. The Balaban J connectivity index is 1.30. The maximum absolute atomic E-state index is 5.07. The van der Waals surface area contributed by atoms with Crippen LogP contribution in [0.4, 0.5) is 0 Å². The van der Waals surface area contributed by atoms with Crippen molar-refractivity contribution < 1.29 is 0 Å². The van der Waals surface area contributed by atoms with Crippen LogP contribution in [-0.4, -0.2) is 38.2 Å². The van der Waals surface area contributed by atoms with Gasteiger partial charge in [-0.3, -0.25) is 10.1 Å². The summed E-state index contributed by atoms with van der Waals surface area (Å²) in [5.74, 6) is 0.812. The van der Waals surface area contributed by atoms with E-state index in [0.717, 1.165) is 74.7 Å². The predicted molar refractivity (Wildman–Crippen MR) is 164 cm³/mol. The van der Waals surface area contributed by atoms with Crippen molar-refractivity contribution in [1.29, 1.82) is 0 Å². The molecule has 1 aliphatic carbocycles. The van der Waals surface area contributed by atoms with Gasteiger partial charge in [-0.15, -0.1) is 11.3 Å². The van der Waals surface area contributed by atoms with Crippen LogP contribution in [0.25, 0.3) is 49.3 Å². The van der Waals surface area contributed by atoms with Gasteiger partial charge in [-0.05, 0) is 86.7 Å². The number of aryl methyl sites for hydroxylation is 1. The molecule has 5 aromatic rings. The van der Waals surface area contributed by atoms with Crippen LogP contribution in [0.2, 0.25) is 0 Å². The predicted octanol–water partition coefficient (Wildman–Crippen LogP) is 7.83. The van der Waals surface area contributed by atoms with Crippen molar-refractivity contribution in [3.8, 4) is 21.8 Å². The normalized spacial score (nSPS) is 15.1. The highest BCUT2D eigenvalue weighted by Crippen LogP contribution is 2.36. The fourth-order valence-electron chi connectivity index (χ4n) is 5.52. The molecule has 7 heteroatoms. The van der Waals surface area contributed by atoms with E-state index in [0.29, 0.717) is 0 Å². The Kier molecular flexibility index (Phi) is 7.26. The smallest absolute Gasteiger partial charge is 0.135 e. The average Bonchev–Trinajstić information content (AvgIpc) is 3.76. The van der Waals surface area contributed by atoms with Gasteiger partial charge in [-0.25, -0.2) is 4.98 Å². The maximum Gasteiger partial charge on any atom is 0.135 e. The highest BCUT2D eigenvalue weighted by atomic mass is 32.1. The number of hydrogen-bond donors (Lipinski definition) is 3. The molecule has 1 fully saturated rings. The lowest BCUT2D eigenvalue weighted by atomic mass is 10.1. The zero-order chi connectivity index (χ0) is 26.8. The van der Waals surface area contributed by atoms with Gasteiger partial charge in [0.1, 0.15) is 11.2 Å². The molecule has 6 nitrogen and oxygen atoms in total. The van der Waals surface area contributed by atoms with E-state index in [-0.39, 0.29) is 0 Å². The summed E-state index contributed by atoms with van der Waals surface area (Å²) >= 11 is 1.78. The Morgan fingerprint density at radius 2 is 2.03 bits per heavy atom. The number of thiophene rings is 1. The maximum atomic E-state index is 5.07. The summed E-state index contributed by atoms with van der Waals surface area (Å²) < 4.78 is 0. The van der Waals surface area contributed by atoms with Crippen LogP contribution in [0.3, 0.4) is 0 Å². The van der Waals surface area contributed by atoms with Gasteiger partial charge in [0.05, 0.1) is 28.6 Å². The zero-order valence-electron chi connectivity index (χ0n) is 22.6. The van der Waals surface area contributed by atoms with Crippen LogP contribution in [0, 0.1) is 12.8 Å². The van der Waals surface area contributed by atoms with Crippen molar-refractivity contribution in [2.24, 2.45) is 5.92 Å². The van der Waals surface area contributed by atoms with Crippen LogP contribution in [-0.2, 0) is 0 Å². The van der Waals surface area contributed by atoms with E-state index in [9.17, 15) is 0 Å². The van der Waals surface area contributed by atoms with E-state index in [1.165, 1.54) is 35.4 Å². The quantitative estimate of drug-likeness (QED) is 0.168. The molecule has 3 N–H and O–H groups in total. The third-order valence-electron chi connectivity index (χ3n) is 7.66. The number of hydrogen-bond acceptors (Lipinski definition) is 5. The second-order valence-electron chi connectivity index (χ2n) is 10.4. The Labute approximate surface area is 233 Å². The Morgan fingerprint density at radius 3 is 2.79 bits per heavy atom. The minimum Gasteiger partial charge on any atom is -0.352 e. The van der Waals surface area contributed by atoms with Gasteiger partial charge in [0.25, 0.3) is 0 Å². The van der Waals surface area contributed by atoms with Crippen molar-refractivity contribution in [2.45, 2.75) is 39.5 Å². The van der Waals surface area contributed by atoms with E-state index in [1.807, 2.05) is 18.5 Å². The third kappa shape index (κ3) is 5.24. The van der Waals surface area contributed by atoms with Crippen molar-refractivity contribution in [1.82, 2.24) is 30.5 Å². The molecular weight excluding hydrogens is 500 g/mol. The van der Waals surface area contributed by atoms with E-state index < -0.39 is 0 Å². The Morgan fingerprint density at radius 1 is 1.15 bits per heavy atom. The molecule has 0 bridgehead atoms. The molecule has 198 valence electrons. The van der Waals surface area contributed by atoms with Crippen LogP contribution in [0.15, 0.2) is 73.1 Å². The summed E-state index contributed by atoms with van der Waals surface area (Å²) in [5.41, 5.74) is 8.72. The van der Waals surface area contributed by atoms with Crippen molar-refractivity contribution in [3.05, 3.63) is 83.7 Å². The molecular formula is C32H34N6S. The number of fused-ring (bicyclic) bond motifs is 2. The molecule has 0 amide bonds. The van der Waals surface area contributed by atoms with Gasteiger partial charge in [0, 0.05) is 33.4 Å². The average molecular weight is 535 g/mol. The number of nitrogens with one attached hydrogen (secondary N) is 3.